The van der Waals surface area contributed by atoms with Crippen LogP contribution in [-0.4, -0.2) is 9.94 Å². The van der Waals surface area contributed by atoms with Crippen LogP contribution in [0.5, 0.6) is 0 Å². The van der Waals surface area contributed by atoms with Crippen LogP contribution in [0.1, 0.15) is 0 Å². The minimum absolute atomic E-state index is 0.434. The van der Waals surface area contributed by atoms with Crippen molar-refractivity contribution in [1.82, 2.24) is 4.73 Å². The van der Waals surface area contributed by atoms with Gasteiger partial charge in [0.15, 0.2) is 0 Å². The summed E-state index contributed by atoms with van der Waals surface area (Å²) in [6.07, 6.45) is 0. The fourth-order valence-corrected chi connectivity index (χ4v) is 3.14. The lowest BCUT2D eigenvalue weighted by Crippen LogP contribution is -2.22. The topological polar surface area (TPSA) is 42.2 Å². The van der Waals surface area contributed by atoms with E-state index in [0.717, 1.165) is 27.0 Å². The summed E-state index contributed by atoms with van der Waals surface area (Å²) in [5.41, 5.74) is 3.80. The number of hydrogen-bond acceptors (Lipinski definition) is 2. The average Bonchev–Trinajstić information content (AvgIpc) is 2.72. The Morgan fingerprint density at radius 3 is 1.62 bits per heavy atom. The van der Waals surface area contributed by atoms with Crippen LogP contribution in [0, 0.1) is 0 Å². The van der Waals surface area contributed by atoms with Crippen LogP contribution in [0.2, 0.25) is 0 Å². The predicted octanol–water partition coefficient (Wildman–Crippen LogP) is 5.09. The van der Waals surface area contributed by atoms with Gasteiger partial charge >= 0.3 is 0 Å². The highest BCUT2D eigenvalue weighted by Gasteiger charge is 2.18. The number of pyridine rings is 1. The third-order valence-corrected chi connectivity index (χ3v) is 4.40. The van der Waals surface area contributed by atoms with E-state index in [-0.39, 0.29) is 0 Å². The van der Waals surface area contributed by atoms with Gasteiger partial charge in [-0.3, -0.25) is 4.79 Å². The van der Waals surface area contributed by atoms with Gasteiger partial charge in [-0.05, 0) is 22.8 Å². The molecule has 3 heteroatoms. The average molecular weight is 339 g/mol. The fourth-order valence-electron chi connectivity index (χ4n) is 3.14. The second-order valence-electron chi connectivity index (χ2n) is 6.03. The van der Waals surface area contributed by atoms with Gasteiger partial charge in [0, 0.05) is 5.56 Å². The molecule has 1 heterocycles. The standard InChI is InChI=1S/C23H17NO2/c25-23-22(19-14-8-3-9-15-19)20(17-10-4-1-5-11-17)16-21(24(23)26)18-12-6-2-7-13-18/h1-16,26H. The van der Waals surface area contributed by atoms with Crippen LogP contribution in [0.15, 0.2) is 102 Å². The molecule has 3 aromatic carbocycles. The Balaban J connectivity index is 2.07. The smallest absolute Gasteiger partial charge is 0.291 e. The molecule has 0 unspecified atom stereocenters. The first-order valence-corrected chi connectivity index (χ1v) is 8.41. The van der Waals surface area contributed by atoms with E-state index in [1.54, 1.807) is 0 Å². The monoisotopic (exact) mass is 339 g/mol. The number of benzene rings is 3. The van der Waals surface area contributed by atoms with E-state index in [1.165, 1.54) is 0 Å². The van der Waals surface area contributed by atoms with Crippen molar-refractivity contribution in [2.75, 3.05) is 0 Å². The van der Waals surface area contributed by atoms with Crippen molar-refractivity contribution in [3.05, 3.63) is 107 Å². The Kier molecular flexibility index (Phi) is 4.12. The van der Waals surface area contributed by atoms with Crippen LogP contribution < -0.4 is 5.56 Å². The van der Waals surface area contributed by atoms with E-state index in [2.05, 4.69) is 0 Å². The summed E-state index contributed by atoms with van der Waals surface area (Å²) in [5, 5.41) is 10.6. The van der Waals surface area contributed by atoms with Crippen LogP contribution in [0.4, 0.5) is 0 Å². The molecular formula is C23H17NO2. The van der Waals surface area contributed by atoms with Crippen LogP contribution in [0.3, 0.4) is 0 Å². The predicted molar refractivity (Wildman–Crippen MR) is 104 cm³/mol. The molecule has 3 nitrogen and oxygen atoms in total. The van der Waals surface area contributed by atoms with Gasteiger partial charge in [0.05, 0.1) is 11.3 Å². The first-order valence-electron chi connectivity index (χ1n) is 8.41. The molecule has 126 valence electrons. The van der Waals surface area contributed by atoms with Gasteiger partial charge in [0.2, 0.25) is 0 Å². The maximum Gasteiger partial charge on any atom is 0.291 e. The molecule has 0 aliphatic carbocycles. The second-order valence-corrected chi connectivity index (χ2v) is 6.03. The quantitative estimate of drug-likeness (QED) is 0.529. The third-order valence-electron chi connectivity index (χ3n) is 4.40. The normalized spacial score (nSPS) is 10.6. The number of aromatic nitrogens is 1. The lowest BCUT2D eigenvalue weighted by atomic mass is 9.94. The zero-order valence-corrected chi connectivity index (χ0v) is 14.0. The van der Waals surface area contributed by atoms with Crippen molar-refractivity contribution >= 4 is 0 Å². The highest BCUT2D eigenvalue weighted by atomic mass is 16.5. The van der Waals surface area contributed by atoms with Crippen molar-refractivity contribution in [2.45, 2.75) is 0 Å². The Labute approximate surface area is 151 Å². The lowest BCUT2D eigenvalue weighted by Gasteiger charge is -2.15. The molecule has 0 saturated carbocycles. The van der Waals surface area contributed by atoms with E-state index in [1.807, 2.05) is 97.1 Å². The molecule has 1 aromatic heterocycles. The van der Waals surface area contributed by atoms with Crippen molar-refractivity contribution in [2.24, 2.45) is 0 Å². The van der Waals surface area contributed by atoms with Crippen LogP contribution in [0.25, 0.3) is 33.5 Å². The zero-order chi connectivity index (χ0) is 17.9. The van der Waals surface area contributed by atoms with E-state index < -0.39 is 5.56 Å². The molecule has 0 radical (unpaired) electrons. The fraction of sp³-hybridized carbons (Fsp3) is 0. The largest absolute Gasteiger partial charge is 0.425 e. The molecular weight excluding hydrogens is 322 g/mol. The molecule has 0 saturated heterocycles. The number of nitrogens with zero attached hydrogens (tertiary/aromatic N) is 1. The van der Waals surface area contributed by atoms with Gasteiger partial charge in [0.1, 0.15) is 0 Å². The summed E-state index contributed by atoms with van der Waals surface area (Å²) in [5.74, 6) is 0. The first kappa shape index (κ1) is 15.9. The molecule has 1 N–H and O–H groups in total. The number of hydrogen-bond donors (Lipinski definition) is 1. The summed E-state index contributed by atoms with van der Waals surface area (Å²) >= 11 is 0. The van der Waals surface area contributed by atoms with Gasteiger partial charge in [-0.2, -0.15) is 0 Å². The number of rotatable bonds is 3. The Morgan fingerprint density at radius 2 is 1.08 bits per heavy atom. The highest BCUT2D eigenvalue weighted by Crippen LogP contribution is 2.32. The van der Waals surface area contributed by atoms with Gasteiger partial charge in [-0.1, -0.05) is 91.0 Å². The first-order chi connectivity index (χ1) is 12.8. The molecule has 0 bridgehead atoms. The maximum absolute atomic E-state index is 13.1. The molecule has 0 spiro atoms. The van der Waals surface area contributed by atoms with Crippen molar-refractivity contribution in [3.8, 4) is 33.5 Å². The van der Waals surface area contributed by atoms with Gasteiger partial charge in [-0.15, -0.1) is 4.73 Å². The Hall–Kier alpha value is -3.59. The Morgan fingerprint density at radius 1 is 0.615 bits per heavy atom. The van der Waals surface area contributed by atoms with E-state index >= 15 is 0 Å². The summed E-state index contributed by atoms with van der Waals surface area (Å²) < 4.78 is 0.740. The zero-order valence-electron chi connectivity index (χ0n) is 14.0. The van der Waals surface area contributed by atoms with Gasteiger partial charge < -0.3 is 5.21 Å². The van der Waals surface area contributed by atoms with Crippen molar-refractivity contribution in [1.29, 1.82) is 0 Å². The molecule has 26 heavy (non-hydrogen) atoms. The summed E-state index contributed by atoms with van der Waals surface area (Å²) in [4.78, 5) is 13.1. The second kappa shape index (κ2) is 6.73. The summed E-state index contributed by atoms with van der Waals surface area (Å²) in [7, 11) is 0. The van der Waals surface area contributed by atoms with Crippen LogP contribution >= 0.6 is 0 Å². The maximum atomic E-state index is 13.1. The molecule has 0 atom stereocenters. The van der Waals surface area contributed by atoms with E-state index in [0.29, 0.717) is 11.3 Å². The minimum Gasteiger partial charge on any atom is -0.425 e. The van der Waals surface area contributed by atoms with Gasteiger partial charge in [-0.25, -0.2) is 0 Å². The van der Waals surface area contributed by atoms with Crippen LogP contribution in [-0.2, 0) is 0 Å². The summed E-state index contributed by atoms with van der Waals surface area (Å²) in [6, 6.07) is 30.5. The van der Waals surface area contributed by atoms with Crippen molar-refractivity contribution < 1.29 is 5.21 Å². The SMILES string of the molecule is O=c1c(-c2ccccc2)c(-c2ccccc2)cc(-c2ccccc2)n1O. The highest BCUT2D eigenvalue weighted by molar-refractivity contribution is 5.85. The summed E-state index contributed by atoms with van der Waals surface area (Å²) in [6.45, 7) is 0. The van der Waals surface area contributed by atoms with Crippen molar-refractivity contribution in [3.63, 3.8) is 0 Å². The molecule has 4 aromatic rings. The molecule has 4 rings (SSSR count). The van der Waals surface area contributed by atoms with E-state index in [9.17, 15) is 10.0 Å². The molecule has 0 amide bonds. The Bertz CT molecular complexity index is 1090. The van der Waals surface area contributed by atoms with Gasteiger partial charge in [0.25, 0.3) is 5.56 Å². The minimum atomic E-state index is -0.434. The molecule has 0 aliphatic heterocycles. The molecule has 0 fully saturated rings. The lowest BCUT2D eigenvalue weighted by molar-refractivity contribution is 0.180. The third kappa shape index (κ3) is 2.80. The molecule has 0 aliphatic rings. The van der Waals surface area contributed by atoms with E-state index in [4.69, 9.17) is 0 Å².